The van der Waals surface area contributed by atoms with Crippen LogP contribution in [0.5, 0.6) is 0 Å². The number of aliphatic imine (C=N–C) groups is 1. The Labute approximate surface area is 150 Å². The molecule has 0 aromatic carbocycles. The van der Waals surface area contributed by atoms with Crippen molar-refractivity contribution in [3.05, 3.63) is 0 Å². The van der Waals surface area contributed by atoms with Gasteiger partial charge in [0.15, 0.2) is 5.96 Å². The van der Waals surface area contributed by atoms with E-state index < -0.39 is 17.8 Å². The molecule has 8 nitrogen and oxygen atoms in total. The number of fused-ring (bicyclic) bond motifs is 1. The predicted molar refractivity (Wildman–Crippen MR) is 93.5 cm³/mol. The molecule has 0 saturated carbocycles. The Morgan fingerprint density at radius 3 is 2.72 bits per heavy atom. The highest BCUT2D eigenvalue weighted by Crippen LogP contribution is 2.49. The van der Waals surface area contributed by atoms with Gasteiger partial charge in [0.1, 0.15) is 0 Å². The van der Waals surface area contributed by atoms with Gasteiger partial charge in [0, 0.05) is 30.3 Å². The fourth-order valence-corrected chi connectivity index (χ4v) is 5.49. The minimum Gasteiger partial charge on any atom is -0.370 e. The van der Waals surface area contributed by atoms with Gasteiger partial charge in [-0.05, 0) is 26.7 Å². The van der Waals surface area contributed by atoms with Gasteiger partial charge in [-0.1, -0.05) is 6.42 Å². The summed E-state index contributed by atoms with van der Waals surface area (Å²) in [5.74, 6) is 0.0103. The largest absolute Gasteiger partial charge is 0.370 e. The summed E-state index contributed by atoms with van der Waals surface area (Å²) in [6.45, 7) is 4.27. The highest BCUT2D eigenvalue weighted by Gasteiger charge is 2.58. The van der Waals surface area contributed by atoms with Crippen LogP contribution in [0.4, 0.5) is 0 Å². The number of amides is 2. The monoisotopic (exact) mass is 368 g/mol. The molecule has 0 aliphatic carbocycles. The van der Waals surface area contributed by atoms with Crippen molar-refractivity contribution in [3.63, 3.8) is 0 Å². The number of hydrogen-bond acceptors (Lipinski definition) is 8. The first-order valence-electron chi connectivity index (χ1n) is 8.57. The Morgan fingerprint density at radius 2 is 2.04 bits per heavy atom. The van der Waals surface area contributed by atoms with Gasteiger partial charge >= 0.3 is 5.97 Å². The quantitative estimate of drug-likeness (QED) is 0.524. The second-order valence-electron chi connectivity index (χ2n) is 7.19. The van der Waals surface area contributed by atoms with Gasteiger partial charge in [0.2, 0.25) is 0 Å². The Bertz CT molecular complexity index is 624. The minimum absolute atomic E-state index is 0.111. The standard InChI is InChI=1S/C16H24N4O4S/c1-15-9-25-10(16(15,2)19-14(17)18-15)5-3-4-6-13(23)24-20-11(21)7-8-12(20)22/h10H,3-9H2,1-2H3,(H3,17,18,19)/t10?,15-,16+/m0/s1. The van der Waals surface area contributed by atoms with Crippen molar-refractivity contribution < 1.29 is 19.2 Å². The smallest absolute Gasteiger partial charge is 0.333 e. The summed E-state index contributed by atoms with van der Waals surface area (Å²) in [5, 5.41) is 4.22. The van der Waals surface area contributed by atoms with Gasteiger partial charge in [-0.3, -0.25) is 9.59 Å². The van der Waals surface area contributed by atoms with Crippen molar-refractivity contribution >= 4 is 35.5 Å². The van der Waals surface area contributed by atoms with Crippen LogP contribution in [-0.4, -0.2) is 50.9 Å². The highest BCUT2D eigenvalue weighted by atomic mass is 32.2. The van der Waals surface area contributed by atoms with Gasteiger partial charge in [-0.15, -0.1) is 5.06 Å². The van der Waals surface area contributed by atoms with Crippen molar-refractivity contribution in [2.75, 3.05) is 5.75 Å². The SMILES string of the molecule is C[C@]12CSC(CCCCC(=O)ON3C(=O)CCC3=O)[C@@]1(C)N=C(N)N2. The van der Waals surface area contributed by atoms with Crippen molar-refractivity contribution in [1.29, 1.82) is 0 Å². The molecule has 0 aromatic heterocycles. The van der Waals surface area contributed by atoms with E-state index in [4.69, 9.17) is 10.6 Å². The number of guanidine groups is 1. The van der Waals surface area contributed by atoms with Crippen LogP contribution in [0, 0.1) is 0 Å². The van der Waals surface area contributed by atoms with E-state index in [0.29, 0.717) is 22.7 Å². The number of nitrogens with one attached hydrogen (secondary N) is 1. The first kappa shape index (κ1) is 18.0. The average Bonchev–Trinajstić information content (AvgIpc) is 3.05. The van der Waals surface area contributed by atoms with E-state index in [0.717, 1.165) is 18.6 Å². The molecule has 3 heterocycles. The first-order chi connectivity index (χ1) is 11.7. The third kappa shape index (κ3) is 3.21. The van der Waals surface area contributed by atoms with E-state index >= 15 is 0 Å². The summed E-state index contributed by atoms with van der Waals surface area (Å²) in [4.78, 5) is 44.1. The molecule has 3 rings (SSSR count). The summed E-state index contributed by atoms with van der Waals surface area (Å²) in [5.41, 5.74) is 5.50. The maximum Gasteiger partial charge on any atom is 0.333 e. The van der Waals surface area contributed by atoms with Crippen LogP contribution in [0.2, 0.25) is 0 Å². The summed E-state index contributed by atoms with van der Waals surface area (Å²) in [6.07, 6.45) is 2.82. The number of carbonyl (C=O) groups is 3. The number of hydrogen-bond donors (Lipinski definition) is 2. The number of rotatable bonds is 6. The predicted octanol–water partition coefficient (Wildman–Crippen LogP) is 0.705. The number of nitrogens with two attached hydrogens (primary N) is 1. The highest BCUT2D eigenvalue weighted by molar-refractivity contribution is 8.00. The number of carbonyl (C=O) groups excluding carboxylic acids is 3. The Balaban J connectivity index is 1.42. The number of nitrogens with zero attached hydrogens (tertiary/aromatic N) is 2. The van der Waals surface area contributed by atoms with Crippen molar-refractivity contribution in [1.82, 2.24) is 10.4 Å². The molecule has 2 amide bonds. The maximum atomic E-state index is 11.8. The van der Waals surface area contributed by atoms with Crippen LogP contribution >= 0.6 is 11.8 Å². The summed E-state index contributed by atoms with van der Waals surface area (Å²) >= 11 is 1.88. The van der Waals surface area contributed by atoms with Crippen molar-refractivity contribution in [2.24, 2.45) is 10.7 Å². The molecule has 0 spiro atoms. The zero-order valence-corrected chi connectivity index (χ0v) is 15.4. The summed E-state index contributed by atoms with van der Waals surface area (Å²) < 4.78 is 0. The number of imide groups is 1. The van der Waals surface area contributed by atoms with E-state index in [2.05, 4.69) is 24.2 Å². The van der Waals surface area contributed by atoms with E-state index in [-0.39, 0.29) is 30.3 Å². The van der Waals surface area contributed by atoms with Gasteiger partial charge in [0.25, 0.3) is 11.8 Å². The fourth-order valence-electron chi connectivity index (χ4n) is 3.62. The van der Waals surface area contributed by atoms with Gasteiger partial charge < -0.3 is 15.9 Å². The van der Waals surface area contributed by atoms with Crippen LogP contribution in [0.3, 0.4) is 0 Å². The Kier molecular flexibility index (Phi) is 4.70. The zero-order chi connectivity index (χ0) is 18.2. The molecular weight excluding hydrogens is 344 g/mol. The van der Waals surface area contributed by atoms with E-state index in [9.17, 15) is 14.4 Å². The average molecular weight is 368 g/mol. The van der Waals surface area contributed by atoms with Gasteiger partial charge in [-0.25, -0.2) is 9.79 Å². The second-order valence-corrected chi connectivity index (χ2v) is 8.38. The fraction of sp³-hybridized carbons (Fsp3) is 0.750. The molecule has 1 unspecified atom stereocenters. The van der Waals surface area contributed by atoms with Gasteiger partial charge in [0.05, 0.1) is 11.1 Å². The molecule has 3 aliphatic rings. The lowest BCUT2D eigenvalue weighted by Gasteiger charge is -2.34. The van der Waals surface area contributed by atoms with Crippen molar-refractivity contribution in [3.8, 4) is 0 Å². The zero-order valence-electron chi connectivity index (χ0n) is 14.5. The lowest BCUT2D eigenvalue weighted by molar-refractivity contribution is -0.197. The molecule has 0 aromatic rings. The van der Waals surface area contributed by atoms with Crippen molar-refractivity contribution in [2.45, 2.75) is 68.7 Å². The molecule has 3 N–H and O–H groups in total. The molecule has 2 fully saturated rings. The topological polar surface area (TPSA) is 114 Å². The maximum absolute atomic E-state index is 11.8. The molecule has 0 bridgehead atoms. The van der Waals surface area contributed by atoms with Gasteiger partial charge in [-0.2, -0.15) is 11.8 Å². The third-order valence-electron chi connectivity index (χ3n) is 5.37. The van der Waals surface area contributed by atoms with Crippen LogP contribution in [0.15, 0.2) is 4.99 Å². The van der Waals surface area contributed by atoms with E-state index in [1.54, 1.807) is 0 Å². The van der Waals surface area contributed by atoms with E-state index in [1.165, 1.54) is 0 Å². The Morgan fingerprint density at radius 1 is 1.36 bits per heavy atom. The summed E-state index contributed by atoms with van der Waals surface area (Å²) in [6, 6.07) is 0. The van der Waals surface area contributed by atoms with Crippen LogP contribution < -0.4 is 11.1 Å². The number of hydroxylamine groups is 2. The molecular formula is C16H24N4O4S. The van der Waals surface area contributed by atoms with Crippen LogP contribution in [0.25, 0.3) is 0 Å². The molecule has 25 heavy (non-hydrogen) atoms. The molecule has 3 atom stereocenters. The lowest BCUT2D eigenvalue weighted by Crippen LogP contribution is -2.56. The molecule has 9 heteroatoms. The van der Waals surface area contributed by atoms with Crippen LogP contribution in [-0.2, 0) is 19.2 Å². The first-order valence-corrected chi connectivity index (χ1v) is 9.62. The summed E-state index contributed by atoms with van der Waals surface area (Å²) in [7, 11) is 0. The molecule has 2 saturated heterocycles. The third-order valence-corrected chi connectivity index (χ3v) is 7.21. The second kappa shape index (κ2) is 6.51. The minimum atomic E-state index is -0.538. The van der Waals surface area contributed by atoms with E-state index in [1.807, 2.05) is 11.8 Å². The molecule has 138 valence electrons. The number of unbranched alkanes of at least 4 members (excludes halogenated alkanes) is 1. The van der Waals surface area contributed by atoms with Crippen LogP contribution in [0.1, 0.15) is 52.4 Å². The number of thioether (sulfide) groups is 1. The Hall–Kier alpha value is -1.77. The normalized spacial score (nSPS) is 34.1. The molecule has 0 radical (unpaired) electrons. The lowest BCUT2D eigenvalue weighted by atomic mass is 9.79. The molecule has 3 aliphatic heterocycles.